The molecule has 1 aromatic heterocycles. The quantitative estimate of drug-likeness (QED) is 0.695. The van der Waals surface area contributed by atoms with Crippen LogP contribution in [0.2, 0.25) is 0 Å². The molecule has 1 heterocycles. The lowest BCUT2D eigenvalue weighted by Crippen LogP contribution is -1.88. The first kappa shape index (κ1) is 9.67. The highest BCUT2D eigenvalue weighted by molar-refractivity contribution is 7.33. The summed E-state index contributed by atoms with van der Waals surface area (Å²) in [5.74, 6) is 2.19. The highest BCUT2D eigenvalue weighted by Crippen LogP contribution is 2.25. The first-order valence-corrected chi connectivity index (χ1v) is 5.84. The molecule has 0 amide bonds. The van der Waals surface area contributed by atoms with E-state index in [1.165, 1.54) is 37.7 Å². The second kappa shape index (κ2) is 5.27. The van der Waals surface area contributed by atoms with Crippen molar-refractivity contribution in [2.75, 3.05) is 5.73 Å². The number of unbranched alkanes of at least 4 members (excludes halogenated alkanes) is 3. The average molecular weight is 183 g/mol. The summed E-state index contributed by atoms with van der Waals surface area (Å²) >= 11 is 0. The van der Waals surface area contributed by atoms with Crippen LogP contribution in [-0.2, 0) is 6.42 Å². The van der Waals surface area contributed by atoms with Crippen LogP contribution in [0.1, 0.15) is 38.2 Å². The molecule has 1 atom stereocenters. The summed E-state index contributed by atoms with van der Waals surface area (Å²) in [6.45, 7) is 2.24. The van der Waals surface area contributed by atoms with Crippen LogP contribution in [0.5, 0.6) is 0 Å². The Morgan fingerprint density at radius 1 is 1.33 bits per heavy atom. The Labute approximate surface area is 76.4 Å². The van der Waals surface area contributed by atoms with Crippen molar-refractivity contribution in [1.82, 2.24) is 0 Å². The zero-order valence-corrected chi connectivity index (χ0v) is 8.77. The molecule has 0 saturated carbocycles. The molecule has 68 valence electrons. The lowest BCUT2D eigenvalue weighted by atomic mass is 10.1. The van der Waals surface area contributed by atoms with E-state index in [1.807, 2.05) is 0 Å². The molecule has 0 spiro atoms. The predicted octanol–water partition coefficient (Wildman–Crippen LogP) is 3.42. The van der Waals surface area contributed by atoms with Crippen LogP contribution in [0.4, 0.5) is 5.42 Å². The third-order valence-electron chi connectivity index (χ3n) is 2.17. The molecule has 0 radical (unpaired) electrons. The minimum Gasteiger partial charge on any atom is -0.396 e. The van der Waals surface area contributed by atoms with Crippen LogP contribution < -0.4 is 5.73 Å². The Bertz CT molecular complexity index is 217. The minimum absolute atomic E-state index is 0.752. The molecule has 1 aromatic rings. The summed E-state index contributed by atoms with van der Waals surface area (Å²) in [7, 11) is 0.752. The lowest BCUT2D eigenvalue weighted by molar-refractivity contribution is 0.668. The van der Waals surface area contributed by atoms with Crippen molar-refractivity contribution < 1.29 is 0 Å². The fourth-order valence-electron chi connectivity index (χ4n) is 1.37. The van der Waals surface area contributed by atoms with E-state index in [0.717, 1.165) is 13.6 Å². The van der Waals surface area contributed by atoms with Gasteiger partial charge < -0.3 is 5.73 Å². The molecule has 2 N–H and O–H groups in total. The molecule has 1 nitrogen and oxygen atoms in total. The Morgan fingerprint density at radius 2 is 2.17 bits per heavy atom. The first-order chi connectivity index (χ1) is 5.84. The van der Waals surface area contributed by atoms with Crippen LogP contribution in [-0.4, -0.2) is 0 Å². The summed E-state index contributed by atoms with van der Waals surface area (Å²) in [6, 6.07) is 2.19. The molecule has 0 aromatic carbocycles. The Hall–Kier alpha value is -0.420. The number of hydrogen-bond acceptors (Lipinski definition) is 1. The monoisotopic (exact) mass is 183 g/mol. The molecule has 0 bridgehead atoms. The van der Waals surface area contributed by atoms with Crippen LogP contribution in [0.3, 0.4) is 0 Å². The first-order valence-electron chi connectivity index (χ1n) is 4.76. The summed E-state index contributed by atoms with van der Waals surface area (Å²) in [4.78, 5) is 0. The second-order valence-corrected chi connectivity index (χ2v) is 4.39. The van der Waals surface area contributed by atoms with Crippen LogP contribution in [0.15, 0.2) is 11.9 Å². The molecule has 1 rings (SSSR count). The standard InChI is InChI=1S/C10H18NP/c1-2-3-4-5-6-9-7-8-12-10(9)11/h7-8,12H,2-6,11H2,1H3. The van der Waals surface area contributed by atoms with E-state index < -0.39 is 0 Å². The number of hydrogen-bond donors (Lipinski definition) is 1. The maximum Gasteiger partial charge on any atom is 0.0510 e. The Morgan fingerprint density at radius 3 is 2.75 bits per heavy atom. The molecule has 0 aliphatic rings. The van der Waals surface area contributed by atoms with E-state index in [0.29, 0.717) is 0 Å². The molecular formula is C10H18NP. The Kier molecular flexibility index (Phi) is 4.24. The number of anilines is 1. The van der Waals surface area contributed by atoms with Gasteiger partial charge in [-0.25, -0.2) is 0 Å². The zero-order chi connectivity index (χ0) is 8.81. The van der Waals surface area contributed by atoms with Gasteiger partial charge in [-0.2, -0.15) is 0 Å². The summed E-state index contributed by atoms with van der Waals surface area (Å²) in [6.07, 6.45) is 6.52. The van der Waals surface area contributed by atoms with Gasteiger partial charge in [0.15, 0.2) is 0 Å². The van der Waals surface area contributed by atoms with Crippen LogP contribution in [0, 0.1) is 0 Å². The molecule has 0 saturated heterocycles. The summed E-state index contributed by atoms with van der Waals surface area (Å²) in [5, 5.41) is 0. The Balaban J connectivity index is 2.20. The van der Waals surface area contributed by atoms with Gasteiger partial charge in [-0.05, 0) is 24.2 Å². The van der Waals surface area contributed by atoms with Gasteiger partial charge in [0, 0.05) is 0 Å². The summed E-state index contributed by atoms with van der Waals surface area (Å²) < 4.78 is 0. The van der Waals surface area contributed by atoms with Gasteiger partial charge in [-0.15, -0.1) is 8.19 Å². The van der Waals surface area contributed by atoms with E-state index in [2.05, 4.69) is 18.8 Å². The molecule has 0 aliphatic heterocycles. The number of nitrogens with two attached hydrogens (primary N) is 1. The van der Waals surface area contributed by atoms with Gasteiger partial charge in [0.05, 0.1) is 5.42 Å². The van der Waals surface area contributed by atoms with Crippen molar-refractivity contribution in [3.8, 4) is 0 Å². The number of nitrogen functional groups attached to an aromatic ring is 1. The second-order valence-electron chi connectivity index (χ2n) is 3.23. The maximum atomic E-state index is 5.82. The average Bonchev–Trinajstić information content (AvgIpc) is 2.46. The van der Waals surface area contributed by atoms with Gasteiger partial charge >= 0.3 is 0 Å². The van der Waals surface area contributed by atoms with Crippen molar-refractivity contribution in [2.24, 2.45) is 0 Å². The third-order valence-corrected chi connectivity index (χ3v) is 3.13. The van der Waals surface area contributed by atoms with E-state index in [1.54, 1.807) is 0 Å². The van der Waals surface area contributed by atoms with Crippen LogP contribution >= 0.6 is 8.19 Å². The molecule has 1 unspecified atom stereocenters. The number of aryl methyl sites for hydroxylation is 1. The van der Waals surface area contributed by atoms with Crippen molar-refractivity contribution in [3.63, 3.8) is 0 Å². The zero-order valence-electron chi connectivity index (χ0n) is 7.77. The third kappa shape index (κ3) is 2.91. The highest BCUT2D eigenvalue weighted by atomic mass is 31.0. The number of rotatable bonds is 5. The van der Waals surface area contributed by atoms with Gasteiger partial charge in [0.1, 0.15) is 0 Å². The highest BCUT2D eigenvalue weighted by Gasteiger charge is 1.97. The largest absolute Gasteiger partial charge is 0.396 e. The molecule has 12 heavy (non-hydrogen) atoms. The van der Waals surface area contributed by atoms with E-state index in [4.69, 9.17) is 5.73 Å². The van der Waals surface area contributed by atoms with Crippen molar-refractivity contribution in [1.29, 1.82) is 0 Å². The molecule has 0 aliphatic carbocycles. The lowest BCUT2D eigenvalue weighted by Gasteiger charge is -1.99. The van der Waals surface area contributed by atoms with Gasteiger partial charge in [-0.3, -0.25) is 0 Å². The SMILES string of the molecule is CCCCCCc1cc[pH]c1N. The van der Waals surface area contributed by atoms with E-state index in [9.17, 15) is 0 Å². The van der Waals surface area contributed by atoms with Crippen LogP contribution in [0.25, 0.3) is 0 Å². The smallest absolute Gasteiger partial charge is 0.0510 e. The summed E-state index contributed by atoms with van der Waals surface area (Å²) in [5.41, 5.74) is 8.33. The molecule has 0 fully saturated rings. The fourth-order valence-corrected chi connectivity index (χ4v) is 2.23. The van der Waals surface area contributed by atoms with E-state index >= 15 is 0 Å². The van der Waals surface area contributed by atoms with Crippen molar-refractivity contribution in [2.45, 2.75) is 39.0 Å². The fraction of sp³-hybridized carbons (Fsp3) is 0.600. The predicted molar refractivity (Wildman–Crippen MR) is 58.2 cm³/mol. The molecule has 2 heteroatoms. The van der Waals surface area contributed by atoms with Gasteiger partial charge in [0.25, 0.3) is 0 Å². The topological polar surface area (TPSA) is 26.0 Å². The van der Waals surface area contributed by atoms with E-state index in [-0.39, 0.29) is 0 Å². The molecular weight excluding hydrogens is 165 g/mol. The van der Waals surface area contributed by atoms with Crippen molar-refractivity contribution >= 4 is 13.6 Å². The normalized spacial score (nSPS) is 11.1. The maximum absolute atomic E-state index is 5.82. The van der Waals surface area contributed by atoms with Crippen molar-refractivity contribution in [3.05, 3.63) is 17.4 Å². The minimum atomic E-state index is 0.752. The van der Waals surface area contributed by atoms with Gasteiger partial charge in [0.2, 0.25) is 0 Å². The van der Waals surface area contributed by atoms with Gasteiger partial charge in [-0.1, -0.05) is 32.3 Å².